The molecule has 4 aromatic rings. The normalized spacial score (nSPS) is 15.3. The number of hydrogen-bond acceptors (Lipinski definition) is 4. The van der Waals surface area contributed by atoms with Gasteiger partial charge in [-0.2, -0.15) is 0 Å². The first kappa shape index (κ1) is 27.0. The van der Waals surface area contributed by atoms with Crippen LogP contribution in [0.1, 0.15) is 61.8 Å². The highest BCUT2D eigenvalue weighted by atomic mass is 16.5. The summed E-state index contributed by atoms with van der Waals surface area (Å²) in [5.41, 5.74) is 8.02. The van der Waals surface area contributed by atoms with Crippen LogP contribution in [-0.4, -0.2) is 26.2 Å². The molecule has 0 aromatic heterocycles. The summed E-state index contributed by atoms with van der Waals surface area (Å²) in [6, 6.07) is 34.5. The summed E-state index contributed by atoms with van der Waals surface area (Å²) >= 11 is 0. The molecule has 0 saturated heterocycles. The van der Waals surface area contributed by atoms with Gasteiger partial charge in [0.05, 0.1) is 14.2 Å². The highest BCUT2D eigenvalue weighted by Crippen LogP contribution is 2.70. The zero-order chi connectivity index (χ0) is 28.8. The van der Waals surface area contributed by atoms with Crippen molar-refractivity contribution < 1.29 is 19.1 Å². The Balaban J connectivity index is 1.71. The van der Waals surface area contributed by atoms with E-state index < -0.39 is 16.2 Å². The van der Waals surface area contributed by atoms with Crippen LogP contribution in [0.4, 0.5) is 0 Å². The fraction of sp³-hybridized carbons (Fsp3) is 0.297. The number of rotatable bonds is 8. The monoisotopic (exact) mass is 544 g/mol. The van der Waals surface area contributed by atoms with E-state index >= 15 is 0 Å². The Bertz CT molecular complexity index is 1430. The van der Waals surface area contributed by atoms with Gasteiger partial charge in [0, 0.05) is 23.7 Å². The minimum absolute atomic E-state index is 0.224. The van der Waals surface area contributed by atoms with Crippen molar-refractivity contribution in [3.05, 3.63) is 119 Å². The Hall–Kier alpha value is -4.18. The fourth-order valence-corrected chi connectivity index (χ4v) is 8.31. The molecule has 41 heavy (non-hydrogen) atoms. The third-order valence-electron chi connectivity index (χ3n) is 10.1. The van der Waals surface area contributed by atoms with Gasteiger partial charge in [0.1, 0.15) is 0 Å². The van der Waals surface area contributed by atoms with E-state index in [4.69, 9.17) is 9.47 Å². The average Bonchev–Trinajstić information content (AvgIpc) is 3.48. The zero-order valence-electron chi connectivity index (χ0n) is 24.2. The molecule has 4 nitrogen and oxygen atoms in total. The Morgan fingerprint density at radius 3 is 1.07 bits per heavy atom. The van der Waals surface area contributed by atoms with Gasteiger partial charge in [0.2, 0.25) is 0 Å². The molecule has 0 saturated carbocycles. The van der Waals surface area contributed by atoms with Gasteiger partial charge in [0.25, 0.3) is 0 Å². The maximum Gasteiger partial charge on any atom is 0.305 e. The molecule has 2 aliphatic rings. The van der Waals surface area contributed by atoms with Crippen molar-refractivity contribution >= 4 is 11.9 Å². The lowest BCUT2D eigenvalue weighted by Crippen LogP contribution is -2.55. The summed E-state index contributed by atoms with van der Waals surface area (Å²) in [5.74, 6) is -0.448. The van der Waals surface area contributed by atoms with Gasteiger partial charge < -0.3 is 9.47 Å². The van der Waals surface area contributed by atoms with E-state index in [1.54, 1.807) is 0 Å². The van der Waals surface area contributed by atoms with Crippen LogP contribution in [0.5, 0.6) is 0 Å². The van der Waals surface area contributed by atoms with Crippen molar-refractivity contribution in [3.63, 3.8) is 0 Å². The molecule has 0 radical (unpaired) electrons. The van der Waals surface area contributed by atoms with Crippen LogP contribution in [0.3, 0.4) is 0 Å². The molecule has 0 fully saturated rings. The standard InChI is InChI=1S/C37H36O4/c1-35(2,36(23-21-33(38)40-3)29-17-9-5-13-25(29)26-14-6-10-18-30(26)36)37(24-22-34(39)41-4)31-19-11-7-15-27(31)28-16-8-12-20-32(28)37/h5-20H,21-24H2,1-4H3. The van der Waals surface area contributed by atoms with Crippen LogP contribution in [0.25, 0.3) is 22.3 Å². The largest absolute Gasteiger partial charge is 0.469 e. The minimum Gasteiger partial charge on any atom is -0.469 e. The molecule has 208 valence electrons. The summed E-state index contributed by atoms with van der Waals surface area (Å²) in [5, 5.41) is 0. The summed E-state index contributed by atoms with van der Waals surface area (Å²) in [4.78, 5) is 25.7. The predicted molar refractivity (Wildman–Crippen MR) is 162 cm³/mol. The molecule has 0 spiro atoms. The van der Waals surface area contributed by atoms with Gasteiger partial charge in [-0.25, -0.2) is 0 Å². The van der Waals surface area contributed by atoms with E-state index in [0.29, 0.717) is 12.8 Å². The van der Waals surface area contributed by atoms with Crippen LogP contribution < -0.4 is 0 Å². The van der Waals surface area contributed by atoms with Crippen molar-refractivity contribution in [3.8, 4) is 22.3 Å². The molecular weight excluding hydrogens is 508 g/mol. The number of fused-ring (bicyclic) bond motifs is 6. The molecule has 0 heterocycles. The van der Waals surface area contributed by atoms with Crippen LogP contribution in [0.2, 0.25) is 0 Å². The summed E-state index contributed by atoms with van der Waals surface area (Å²) in [7, 11) is 2.91. The van der Waals surface area contributed by atoms with Crippen molar-refractivity contribution in [2.75, 3.05) is 14.2 Å². The maximum absolute atomic E-state index is 12.8. The molecule has 0 unspecified atom stereocenters. The lowest BCUT2D eigenvalue weighted by Gasteiger charge is -2.57. The Morgan fingerprint density at radius 2 is 0.805 bits per heavy atom. The topological polar surface area (TPSA) is 52.6 Å². The number of esters is 2. The molecule has 0 aliphatic heterocycles. The predicted octanol–water partition coefficient (Wildman–Crippen LogP) is 7.85. The van der Waals surface area contributed by atoms with Gasteiger partial charge in [-0.15, -0.1) is 0 Å². The summed E-state index contributed by atoms with van der Waals surface area (Å²) in [6.07, 6.45) is 1.70. The summed E-state index contributed by atoms with van der Waals surface area (Å²) < 4.78 is 10.4. The first-order valence-electron chi connectivity index (χ1n) is 14.4. The highest BCUT2D eigenvalue weighted by molar-refractivity contribution is 5.86. The molecule has 0 atom stereocenters. The molecule has 4 aromatic carbocycles. The smallest absolute Gasteiger partial charge is 0.305 e. The molecule has 0 N–H and O–H groups in total. The quantitative estimate of drug-likeness (QED) is 0.212. The van der Waals surface area contributed by atoms with Gasteiger partial charge in [0.15, 0.2) is 0 Å². The second-order valence-corrected chi connectivity index (χ2v) is 11.8. The lowest BCUT2D eigenvalue weighted by atomic mass is 9.45. The second kappa shape index (κ2) is 10.0. The number of carbonyl (C=O) groups is 2. The number of ether oxygens (including phenoxy) is 2. The SMILES string of the molecule is COC(=O)CCC1(C(C)(C)C2(CCC(=O)OC)c3ccccc3-c3ccccc32)c2ccccc2-c2ccccc21. The molecule has 2 aliphatic carbocycles. The van der Waals surface area contributed by atoms with Crippen LogP contribution in [-0.2, 0) is 29.9 Å². The van der Waals surface area contributed by atoms with Crippen LogP contribution >= 0.6 is 0 Å². The third-order valence-corrected chi connectivity index (χ3v) is 10.1. The molecule has 4 heteroatoms. The van der Waals surface area contributed by atoms with Crippen LogP contribution in [0, 0.1) is 5.41 Å². The average molecular weight is 545 g/mol. The Morgan fingerprint density at radius 1 is 0.537 bits per heavy atom. The first-order valence-corrected chi connectivity index (χ1v) is 14.4. The summed E-state index contributed by atoms with van der Waals surface area (Å²) in [6.45, 7) is 4.69. The van der Waals surface area contributed by atoms with Crippen molar-refractivity contribution in [2.24, 2.45) is 5.41 Å². The highest BCUT2D eigenvalue weighted by Gasteiger charge is 2.64. The van der Waals surface area contributed by atoms with Gasteiger partial charge >= 0.3 is 11.9 Å². The van der Waals surface area contributed by atoms with Crippen LogP contribution in [0.15, 0.2) is 97.1 Å². The maximum atomic E-state index is 12.8. The Labute approximate surface area is 242 Å². The van der Waals surface area contributed by atoms with Gasteiger partial charge in [-0.05, 0) is 62.8 Å². The number of carbonyl (C=O) groups excluding carboxylic acids is 2. The molecule has 6 rings (SSSR count). The Kier molecular flexibility index (Phi) is 6.60. The third kappa shape index (κ3) is 3.66. The van der Waals surface area contributed by atoms with Gasteiger partial charge in [-0.3, -0.25) is 9.59 Å². The number of methoxy groups -OCH3 is 2. The van der Waals surface area contributed by atoms with E-state index in [2.05, 4.69) is 111 Å². The van der Waals surface area contributed by atoms with Crippen molar-refractivity contribution in [1.82, 2.24) is 0 Å². The minimum atomic E-state index is -0.560. The number of hydrogen-bond donors (Lipinski definition) is 0. The van der Waals surface area contributed by atoms with E-state index in [9.17, 15) is 9.59 Å². The first-order chi connectivity index (χ1) is 19.8. The number of benzene rings is 4. The van der Waals surface area contributed by atoms with Crippen molar-refractivity contribution in [2.45, 2.75) is 50.4 Å². The van der Waals surface area contributed by atoms with Gasteiger partial charge in [-0.1, -0.05) is 111 Å². The molecule has 0 bridgehead atoms. The van der Waals surface area contributed by atoms with Crippen molar-refractivity contribution in [1.29, 1.82) is 0 Å². The lowest BCUT2D eigenvalue weighted by molar-refractivity contribution is -0.141. The van der Waals surface area contributed by atoms with E-state index in [1.165, 1.54) is 58.7 Å². The zero-order valence-corrected chi connectivity index (χ0v) is 24.2. The molecular formula is C37H36O4. The van der Waals surface area contributed by atoms with E-state index in [-0.39, 0.29) is 24.8 Å². The molecule has 0 amide bonds. The van der Waals surface area contributed by atoms with E-state index in [0.717, 1.165) is 0 Å². The van der Waals surface area contributed by atoms with E-state index in [1.807, 2.05) is 0 Å². The fourth-order valence-electron chi connectivity index (χ4n) is 8.31. The second-order valence-electron chi connectivity index (χ2n) is 11.8.